The molecule has 28 heavy (non-hydrogen) atoms. The fourth-order valence-corrected chi connectivity index (χ4v) is 4.65. The summed E-state index contributed by atoms with van der Waals surface area (Å²) in [6.07, 6.45) is 13.2. The van der Waals surface area contributed by atoms with Crippen molar-refractivity contribution in [2.75, 3.05) is 0 Å². The number of rotatable bonds is 12. The molecular formula is C27H39N. The molecule has 152 valence electrons. The van der Waals surface area contributed by atoms with Gasteiger partial charge in [0.05, 0.1) is 0 Å². The average Bonchev–Trinajstić information content (AvgIpc) is 3.05. The first-order chi connectivity index (χ1) is 13.8. The first kappa shape index (κ1) is 21.0. The quantitative estimate of drug-likeness (QED) is 0.279. The number of aryl methyl sites for hydroxylation is 2. The highest BCUT2D eigenvalue weighted by molar-refractivity contribution is 6.08. The number of unbranched alkanes of at least 4 members (excludes halogenated alkanes) is 4. The van der Waals surface area contributed by atoms with Crippen LogP contribution >= 0.6 is 0 Å². The molecule has 0 saturated heterocycles. The van der Waals surface area contributed by atoms with E-state index in [1.54, 1.807) is 0 Å². The number of para-hydroxylation sites is 1. The Hall–Kier alpha value is -1.76. The predicted octanol–water partition coefficient (Wildman–Crippen LogP) is 8.52. The SMILES string of the molecule is CCCCCCc1ccc2c(c1)c1ccccc1n2CCCCC(CC)CC. The third kappa shape index (κ3) is 4.99. The summed E-state index contributed by atoms with van der Waals surface area (Å²) in [6, 6.07) is 16.2. The second-order valence-electron chi connectivity index (χ2n) is 8.51. The van der Waals surface area contributed by atoms with Crippen LogP contribution in [-0.2, 0) is 13.0 Å². The zero-order chi connectivity index (χ0) is 19.8. The number of hydrogen-bond donors (Lipinski definition) is 0. The van der Waals surface area contributed by atoms with E-state index in [-0.39, 0.29) is 0 Å². The molecule has 0 N–H and O–H groups in total. The van der Waals surface area contributed by atoms with E-state index in [4.69, 9.17) is 0 Å². The summed E-state index contributed by atoms with van der Waals surface area (Å²) in [7, 11) is 0. The van der Waals surface area contributed by atoms with Crippen molar-refractivity contribution < 1.29 is 0 Å². The van der Waals surface area contributed by atoms with Gasteiger partial charge in [-0.2, -0.15) is 0 Å². The Morgan fingerprint density at radius 2 is 1.54 bits per heavy atom. The van der Waals surface area contributed by atoms with Crippen LogP contribution in [0.1, 0.15) is 84.1 Å². The van der Waals surface area contributed by atoms with Gasteiger partial charge in [-0.15, -0.1) is 0 Å². The molecule has 3 aromatic rings. The van der Waals surface area contributed by atoms with Gasteiger partial charge in [-0.25, -0.2) is 0 Å². The average molecular weight is 378 g/mol. The minimum Gasteiger partial charge on any atom is -0.340 e. The summed E-state index contributed by atoms with van der Waals surface area (Å²) in [5.41, 5.74) is 4.32. The molecule has 1 aromatic heterocycles. The van der Waals surface area contributed by atoms with Gasteiger partial charge < -0.3 is 4.57 Å². The van der Waals surface area contributed by atoms with Crippen molar-refractivity contribution in [3.63, 3.8) is 0 Å². The van der Waals surface area contributed by atoms with Gasteiger partial charge >= 0.3 is 0 Å². The van der Waals surface area contributed by atoms with Crippen LogP contribution in [0.3, 0.4) is 0 Å². The molecule has 0 radical (unpaired) electrons. The van der Waals surface area contributed by atoms with Gasteiger partial charge in [0, 0.05) is 28.4 Å². The number of aromatic nitrogens is 1. The van der Waals surface area contributed by atoms with Crippen LogP contribution in [0.4, 0.5) is 0 Å². The van der Waals surface area contributed by atoms with E-state index in [1.165, 1.54) is 91.6 Å². The van der Waals surface area contributed by atoms with Crippen molar-refractivity contribution in [3.8, 4) is 0 Å². The lowest BCUT2D eigenvalue weighted by Gasteiger charge is -2.12. The molecule has 0 bridgehead atoms. The predicted molar refractivity (Wildman–Crippen MR) is 125 cm³/mol. The monoisotopic (exact) mass is 377 g/mol. The Labute approximate surface area is 172 Å². The lowest BCUT2D eigenvalue weighted by molar-refractivity contribution is 0.426. The van der Waals surface area contributed by atoms with E-state index >= 15 is 0 Å². The van der Waals surface area contributed by atoms with Crippen LogP contribution in [0.5, 0.6) is 0 Å². The van der Waals surface area contributed by atoms with E-state index in [9.17, 15) is 0 Å². The summed E-state index contributed by atoms with van der Waals surface area (Å²) < 4.78 is 2.57. The zero-order valence-electron chi connectivity index (χ0n) is 18.3. The Bertz CT molecular complexity index is 853. The number of benzene rings is 2. The van der Waals surface area contributed by atoms with E-state index in [0.29, 0.717) is 0 Å². The number of fused-ring (bicyclic) bond motifs is 3. The molecule has 3 rings (SSSR count). The van der Waals surface area contributed by atoms with Crippen molar-refractivity contribution in [2.24, 2.45) is 5.92 Å². The van der Waals surface area contributed by atoms with Gasteiger partial charge in [-0.05, 0) is 48.9 Å². The second kappa shape index (κ2) is 10.7. The fourth-order valence-electron chi connectivity index (χ4n) is 4.65. The van der Waals surface area contributed by atoms with E-state index < -0.39 is 0 Å². The maximum atomic E-state index is 2.57. The summed E-state index contributed by atoms with van der Waals surface area (Å²) >= 11 is 0. The maximum Gasteiger partial charge on any atom is 0.0491 e. The Kier molecular flexibility index (Phi) is 8.01. The normalized spacial score (nSPS) is 11.9. The second-order valence-corrected chi connectivity index (χ2v) is 8.51. The van der Waals surface area contributed by atoms with E-state index in [1.807, 2.05) is 0 Å². The molecule has 0 aliphatic rings. The minimum absolute atomic E-state index is 0.911. The van der Waals surface area contributed by atoms with Gasteiger partial charge in [0.1, 0.15) is 0 Å². The van der Waals surface area contributed by atoms with Gasteiger partial charge in [-0.3, -0.25) is 0 Å². The van der Waals surface area contributed by atoms with Crippen molar-refractivity contribution in [2.45, 2.75) is 91.5 Å². The highest BCUT2D eigenvalue weighted by atomic mass is 15.0. The molecule has 0 aliphatic heterocycles. The van der Waals surface area contributed by atoms with Crippen LogP contribution in [-0.4, -0.2) is 4.57 Å². The largest absolute Gasteiger partial charge is 0.340 e. The molecule has 1 nitrogen and oxygen atoms in total. The first-order valence-corrected chi connectivity index (χ1v) is 11.8. The van der Waals surface area contributed by atoms with E-state index in [0.717, 1.165) is 12.5 Å². The van der Waals surface area contributed by atoms with Gasteiger partial charge in [0.15, 0.2) is 0 Å². The maximum absolute atomic E-state index is 2.57. The Morgan fingerprint density at radius 1 is 0.750 bits per heavy atom. The molecule has 1 heterocycles. The molecule has 0 amide bonds. The fraction of sp³-hybridized carbons (Fsp3) is 0.556. The molecule has 1 heteroatoms. The van der Waals surface area contributed by atoms with Crippen LogP contribution in [0.2, 0.25) is 0 Å². The van der Waals surface area contributed by atoms with Crippen LogP contribution in [0, 0.1) is 5.92 Å². The number of hydrogen-bond acceptors (Lipinski definition) is 0. The van der Waals surface area contributed by atoms with Gasteiger partial charge in [0.25, 0.3) is 0 Å². The summed E-state index contributed by atoms with van der Waals surface area (Å²) in [5, 5.41) is 2.87. The Morgan fingerprint density at radius 3 is 2.32 bits per heavy atom. The van der Waals surface area contributed by atoms with Crippen molar-refractivity contribution in [3.05, 3.63) is 48.0 Å². The Balaban J connectivity index is 1.77. The summed E-state index contributed by atoms with van der Waals surface area (Å²) in [4.78, 5) is 0. The lowest BCUT2D eigenvalue weighted by atomic mass is 9.97. The summed E-state index contributed by atoms with van der Waals surface area (Å²) in [6.45, 7) is 8.09. The first-order valence-electron chi connectivity index (χ1n) is 11.8. The van der Waals surface area contributed by atoms with Crippen LogP contribution in [0.15, 0.2) is 42.5 Å². The highest BCUT2D eigenvalue weighted by Crippen LogP contribution is 2.31. The van der Waals surface area contributed by atoms with Gasteiger partial charge in [0.2, 0.25) is 0 Å². The number of nitrogens with zero attached hydrogens (tertiary/aromatic N) is 1. The molecule has 2 aromatic carbocycles. The van der Waals surface area contributed by atoms with Crippen molar-refractivity contribution >= 4 is 21.8 Å². The van der Waals surface area contributed by atoms with Crippen LogP contribution in [0.25, 0.3) is 21.8 Å². The smallest absolute Gasteiger partial charge is 0.0491 e. The topological polar surface area (TPSA) is 4.93 Å². The molecule has 0 unspecified atom stereocenters. The van der Waals surface area contributed by atoms with E-state index in [2.05, 4.69) is 67.8 Å². The molecule has 0 fully saturated rings. The standard InChI is InChI=1S/C27H39N/c1-4-7-8-9-15-23-18-19-27-25(21-23)24-16-10-11-17-26(24)28(27)20-13-12-14-22(5-2)6-3/h10-11,16-19,21-22H,4-9,12-15,20H2,1-3H3. The molecule has 0 aliphatic carbocycles. The third-order valence-electron chi connectivity index (χ3n) is 6.55. The lowest BCUT2D eigenvalue weighted by Crippen LogP contribution is -2.01. The molecule has 0 saturated carbocycles. The van der Waals surface area contributed by atoms with Crippen molar-refractivity contribution in [1.29, 1.82) is 0 Å². The molecule has 0 atom stereocenters. The third-order valence-corrected chi connectivity index (χ3v) is 6.55. The van der Waals surface area contributed by atoms with Crippen LogP contribution < -0.4 is 0 Å². The zero-order valence-corrected chi connectivity index (χ0v) is 18.3. The van der Waals surface area contributed by atoms with Gasteiger partial charge in [-0.1, -0.05) is 90.0 Å². The summed E-state index contributed by atoms with van der Waals surface area (Å²) in [5.74, 6) is 0.911. The van der Waals surface area contributed by atoms with Crippen molar-refractivity contribution in [1.82, 2.24) is 4.57 Å². The highest BCUT2D eigenvalue weighted by Gasteiger charge is 2.11. The minimum atomic E-state index is 0.911. The molecule has 0 spiro atoms. The molecular weight excluding hydrogens is 338 g/mol.